The van der Waals surface area contributed by atoms with E-state index in [1.807, 2.05) is 73.7 Å². The second kappa shape index (κ2) is 12.0. The summed E-state index contributed by atoms with van der Waals surface area (Å²) in [7, 11) is 0. The van der Waals surface area contributed by atoms with Gasteiger partial charge in [-0.15, -0.1) is 0 Å². The molecule has 0 atom stereocenters. The minimum absolute atomic E-state index is 0.136. The van der Waals surface area contributed by atoms with E-state index in [2.05, 4.69) is 4.98 Å². The van der Waals surface area contributed by atoms with E-state index in [-0.39, 0.29) is 19.1 Å². The molecular formula is C30H30N2O5. The molecule has 0 unspecified atom stereocenters. The maximum atomic E-state index is 12.5. The lowest BCUT2D eigenvalue weighted by Gasteiger charge is -2.23. The number of amides is 1. The third-order valence-electron chi connectivity index (χ3n) is 5.89. The summed E-state index contributed by atoms with van der Waals surface area (Å²) < 4.78 is 16.9. The summed E-state index contributed by atoms with van der Waals surface area (Å²) in [6.45, 7) is 6.14. The number of anilines is 1. The number of benzene rings is 3. The predicted octanol–water partition coefficient (Wildman–Crippen LogP) is 6.00. The van der Waals surface area contributed by atoms with Crippen LogP contribution in [0.5, 0.6) is 5.75 Å². The zero-order chi connectivity index (χ0) is 26.2. The van der Waals surface area contributed by atoms with Gasteiger partial charge in [0.05, 0.1) is 31.0 Å². The van der Waals surface area contributed by atoms with Crippen molar-refractivity contribution < 1.29 is 23.5 Å². The summed E-state index contributed by atoms with van der Waals surface area (Å²) >= 11 is 0. The summed E-state index contributed by atoms with van der Waals surface area (Å²) in [4.78, 5) is 31.0. The first-order valence-corrected chi connectivity index (χ1v) is 12.2. The summed E-state index contributed by atoms with van der Waals surface area (Å²) in [5, 5.41) is 0. The molecule has 1 aromatic heterocycles. The Bertz CT molecular complexity index is 1350. The van der Waals surface area contributed by atoms with Crippen molar-refractivity contribution in [2.24, 2.45) is 0 Å². The van der Waals surface area contributed by atoms with E-state index in [4.69, 9.17) is 13.9 Å². The Morgan fingerprint density at radius 3 is 2.35 bits per heavy atom. The fraction of sp³-hybridized carbons (Fsp3) is 0.233. The van der Waals surface area contributed by atoms with Crippen molar-refractivity contribution in [1.82, 2.24) is 4.98 Å². The van der Waals surface area contributed by atoms with Crippen LogP contribution in [0.1, 0.15) is 41.2 Å². The SMILES string of the molecule is CCOC(=O)c1ccccc1CN(C(C)=O)c1ccc(OCCc2nc(-c3ccccc3)oc2C)cc1. The molecule has 4 aromatic rings. The third-order valence-corrected chi connectivity index (χ3v) is 5.89. The van der Waals surface area contributed by atoms with Gasteiger partial charge in [0, 0.05) is 24.6 Å². The van der Waals surface area contributed by atoms with Gasteiger partial charge in [-0.3, -0.25) is 4.79 Å². The number of hydrogen-bond donors (Lipinski definition) is 0. The maximum absolute atomic E-state index is 12.5. The number of aromatic nitrogens is 1. The molecule has 0 bridgehead atoms. The predicted molar refractivity (Wildman–Crippen MR) is 142 cm³/mol. The Morgan fingerprint density at radius 1 is 0.946 bits per heavy atom. The van der Waals surface area contributed by atoms with Crippen molar-refractivity contribution in [3.05, 3.63) is 101 Å². The van der Waals surface area contributed by atoms with Gasteiger partial charge in [-0.05, 0) is 61.9 Å². The minimum atomic E-state index is -0.399. The minimum Gasteiger partial charge on any atom is -0.493 e. The highest BCUT2D eigenvalue weighted by molar-refractivity contribution is 5.94. The third kappa shape index (κ3) is 6.44. The summed E-state index contributed by atoms with van der Waals surface area (Å²) in [5.41, 5.74) is 3.67. The van der Waals surface area contributed by atoms with Crippen LogP contribution in [-0.2, 0) is 22.5 Å². The molecular weight excluding hydrogens is 468 g/mol. The van der Waals surface area contributed by atoms with Crippen LogP contribution in [0.2, 0.25) is 0 Å². The molecule has 0 fully saturated rings. The van der Waals surface area contributed by atoms with Crippen molar-refractivity contribution >= 4 is 17.6 Å². The van der Waals surface area contributed by atoms with E-state index in [1.54, 1.807) is 24.0 Å². The Labute approximate surface area is 216 Å². The van der Waals surface area contributed by atoms with Gasteiger partial charge < -0.3 is 18.8 Å². The van der Waals surface area contributed by atoms with Crippen molar-refractivity contribution in [2.75, 3.05) is 18.1 Å². The van der Waals surface area contributed by atoms with Crippen LogP contribution in [-0.4, -0.2) is 30.1 Å². The van der Waals surface area contributed by atoms with Gasteiger partial charge in [-0.2, -0.15) is 0 Å². The van der Waals surface area contributed by atoms with Crippen molar-refractivity contribution in [2.45, 2.75) is 33.7 Å². The number of aryl methyl sites for hydroxylation is 1. The van der Waals surface area contributed by atoms with Crippen molar-refractivity contribution in [3.8, 4) is 17.2 Å². The first-order chi connectivity index (χ1) is 18.0. The molecule has 190 valence electrons. The zero-order valence-electron chi connectivity index (χ0n) is 21.3. The second-order valence-corrected chi connectivity index (χ2v) is 8.46. The van der Waals surface area contributed by atoms with Gasteiger partial charge in [0.25, 0.3) is 0 Å². The van der Waals surface area contributed by atoms with Crippen LogP contribution in [0.25, 0.3) is 11.5 Å². The number of oxazole rings is 1. The molecule has 0 N–H and O–H groups in total. The molecule has 0 aliphatic heterocycles. The number of ether oxygens (including phenoxy) is 2. The Kier molecular flexibility index (Phi) is 8.36. The molecule has 1 heterocycles. The van der Waals surface area contributed by atoms with E-state index >= 15 is 0 Å². The van der Waals surface area contributed by atoms with E-state index < -0.39 is 5.97 Å². The average molecular weight is 499 g/mol. The normalized spacial score (nSPS) is 10.7. The van der Waals surface area contributed by atoms with Crippen LogP contribution in [0.15, 0.2) is 83.3 Å². The van der Waals surface area contributed by atoms with Crippen molar-refractivity contribution in [1.29, 1.82) is 0 Å². The quantitative estimate of drug-likeness (QED) is 0.249. The number of rotatable bonds is 10. The van der Waals surface area contributed by atoms with Crippen molar-refractivity contribution in [3.63, 3.8) is 0 Å². The highest BCUT2D eigenvalue weighted by Gasteiger charge is 2.18. The van der Waals surface area contributed by atoms with Gasteiger partial charge in [0.1, 0.15) is 11.5 Å². The molecule has 1 amide bonds. The number of esters is 1. The second-order valence-electron chi connectivity index (χ2n) is 8.46. The van der Waals surface area contributed by atoms with E-state index in [0.29, 0.717) is 41.5 Å². The first kappa shape index (κ1) is 25.7. The molecule has 7 heteroatoms. The van der Waals surface area contributed by atoms with E-state index in [1.165, 1.54) is 6.92 Å². The Balaban J connectivity index is 1.39. The summed E-state index contributed by atoms with van der Waals surface area (Å²) in [6.07, 6.45) is 0.605. The molecule has 4 rings (SSSR count). The molecule has 0 aliphatic rings. The number of nitrogens with zero attached hydrogens (tertiary/aromatic N) is 2. The van der Waals surface area contributed by atoms with E-state index in [0.717, 1.165) is 17.0 Å². The molecule has 7 nitrogen and oxygen atoms in total. The number of carbonyl (C=O) groups excluding carboxylic acids is 2. The van der Waals surface area contributed by atoms with Gasteiger partial charge in [0.2, 0.25) is 11.8 Å². The lowest BCUT2D eigenvalue weighted by molar-refractivity contribution is -0.116. The van der Waals surface area contributed by atoms with Crippen LogP contribution in [0.3, 0.4) is 0 Å². The fourth-order valence-corrected chi connectivity index (χ4v) is 3.97. The Morgan fingerprint density at radius 2 is 1.65 bits per heavy atom. The molecule has 37 heavy (non-hydrogen) atoms. The highest BCUT2D eigenvalue weighted by Crippen LogP contribution is 2.24. The molecule has 0 radical (unpaired) electrons. The average Bonchev–Trinajstić information content (AvgIpc) is 3.29. The van der Waals surface area contributed by atoms with Crippen LogP contribution in [0.4, 0.5) is 5.69 Å². The highest BCUT2D eigenvalue weighted by atomic mass is 16.5. The van der Waals surface area contributed by atoms with Gasteiger partial charge in [0.15, 0.2) is 0 Å². The van der Waals surface area contributed by atoms with Gasteiger partial charge in [-0.1, -0.05) is 36.4 Å². The Hall–Kier alpha value is -4.39. The number of hydrogen-bond acceptors (Lipinski definition) is 6. The van der Waals surface area contributed by atoms with E-state index in [9.17, 15) is 9.59 Å². The molecule has 3 aromatic carbocycles. The number of carbonyl (C=O) groups is 2. The smallest absolute Gasteiger partial charge is 0.338 e. The molecule has 0 aliphatic carbocycles. The molecule has 0 saturated carbocycles. The van der Waals surface area contributed by atoms with Crippen LogP contribution in [0, 0.1) is 6.92 Å². The monoisotopic (exact) mass is 498 g/mol. The lowest BCUT2D eigenvalue weighted by atomic mass is 10.1. The fourth-order valence-electron chi connectivity index (χ4n) is 3.97. The van der Waals surface area contributed by atoms with Crippen LogP contribution >= 0.6 is 0 Å². The zero-order valence-corrected chi connectivity index (χ0v) is 21.3. The summed E-state index contributed by atoms with van der Waals surface area (Å²) in [6, 6.07) is 24.3. The molecule has 0 saturated heterocycles. The summed E-state index contributed by atoms with van der Waals surface area (Å²) in [5.74, 6) is 1.53. The first-order valence-electron chi connectivity index (χ1n) is 12.2. The van der Waals surface area contributed by atoms with Crippen LogP contribution < -0.4 is 9.64 Å². The van der Waals surface area contributed by atoms with Gasteiger partial charge in [-0.25, -0.2) is 9.78 Å². The maximum Gasteiger partial charge on any atom is 0.338 e. The lowest BCUT2D eigenvalue weighted by Crippen LogP contribution is -2.28. The topological polar surface area (TPSA) is 81.9 Å². The van der Waals surface area contributed by atoms with Gasteiger partial charge >= 0.3 is 5.97 Å². The standard InChI is InChI=1S/C30H30N2O5/c1-4-35-30(34)27-13-9-8-12-24(27)20-32(22(3)33)25-14-16-26(17-15-25)36-19-18-28-21(2)37-29(31-28)23-10-6-5-7-11-23/h5-17H,4,18-20H2,1-3H3. The largest absolute Gasteiger partial charge is 0.493 e. The molecule has 0 spiro atoms.